The Labute approximate surface area is 160 Å². The van der Waals surface area contributed by atoms with Gasteiger partial charge >= 0.3 is 0 Å². The summed E-state index contributed by atoms with van der Waals surface area (Å²) in [6.45, 7) is 2.07. The molecular formula is C19H20N4O3S. The second kappa shape index (κ2) is 8.13. The molecule has 0 atom stereocenters. The van der Waals surface area contributed by atoms with Gasteiger partial charge in [0.05, 0.1) is 18.3 Å². The third-order valence-corrected chi connectivity index (χ3v) is 5.04. The summed E-state index contributed by atoms with van der Waals surface area (Å²) in [6, 6.07) is 11.4. The lowest BCUT2D eigenvalue weighted by Crippen LogP contribution is -2.40. The Balaban J connectivity index is 1.56. The van der Waals surface area contributed by atoms with Gasteiger partial charge in [-0.25, -0.2) is 4.98 Å². The van der Waals surface area contributed by atoms with E-state index in [1.807, 2.05) is 37.3 Å². The van der Waals surface area contributed by atoms with Crippen LogP contribution in [-0.4, -0.2) is 39.9 Å². The van der Waals surface area contributed by atoms with Crippen molar-refractivity contribution >= 4 is 33.4 Å². The number of aromatic nitrogens is 2. The summed E-state index contributed by atoms with van der Waals surface area (Å²) in [6.07, 6.45) is 1.36. The Bertz CT molecular complexity index is 1030. The fourth-order valence-electron chi connectivity index (χ4n) is 2.66. The van der Waals surface area contributed by atoms with Crippen molar-refractivity contribution in [1.29, 1.82) is 0 Å². The smallest absolute Gasteiger partial charge is 0.262 e. The molecule has 8 heteroatoms. The molecule has 3 rings (SSSR count). The van der Waals surface area contributed by atoms with Crippen molar-refractivity contribution in [2.24, 2.45) is 0 Å². The van der Waals surface area contributed by atoms with Crippen LogP contribution in [0.5, 0.6) is 0 Å². The predicted molar refractivity (Wildman–Crippen MR) is 105 cm³/mol. The molecule has 2 aromatic heterocycles. The quantitative estimate of drug-likeness (QED) is 0.699. The molecule has 1 N–H and O–H groups in total. The summed E-state index contributed by atoms with van der Waals surface area (Å²) < 4.78 is 1.25. The van der Waals surface area contributed by atoms with Gasteiger partial charge in [0.15, 0.2) is 0 Å². The third kappa shape index (κ3) is 4.59. The molecule has 0 saturated heterocycles. The second-order valence-corrected chi connectivity index (χ2v) is 7.50. The molecule has 0 spiro atoms. The van der Waals surface area contributed by atoms with Crippen LogP contribution >= 0.6 is 11.3 Å². The van der Waals surface area contributed by atoms with E-state index in [1.54, 1.807) is 18.0 Å². The van der Waals surface area contributed by atoms with Crippen molar-refractivity contribution in [1.82, 2.24) is 19.8 Å². The largest absolute Gasteiger partial charge is 0.345 e. The Morgan fingerprint density at radius 2 is 2.00 bits per heavy atom. The second-order valence-electron chi connectivity index (χ2n) is 6.27. The molecule has 0 saturated carbocycles. The molecule has 0 aliphatic carbocycles. The summed E-state index contributed by atoms with van der Waals surface area (Å²) >= 11 is 1.44. The topological polar surface area (TPSA) is 84.3 Å². The van der Waals surface area contributed by atoms with Gasteiger partial charge in [-0.05, 0) is 18.6 Å². The van der Waals surface area contributed by atoms with Crippen molar-refractivity contribution < 1.29 is 9.59 Å². The van der Waals surface area contributed by atoms with Crippen LogP contribution in [0.25, 0.3) is 10.2 Å². The van der Waals surface area contributed by atoms with Gasteiger partial charge in [-0.3, -0.25) is 19.0 Å². The van der Waals surface area contributed by atoms with Gasteiger partial charge in [-0.1, -0.05) is 30.3 Å². The van der Waals surface area contributed by atoms with Crippen LogP contribution in [0, 0.1) is 6.92 Å². The van der Waals surface area contributed by atoms with E-state index in [1.165, 1.54) is 22.2 Å². The number of carbonyl (C=O) groups is 2. The van der Waals surface area contributed by atoms with Crippen LogP contribution in [0.1, 0.15) is 10.4 Å². The van der Waals surface area contributed by atoms with Crippen LogP contribution in [0.15, 0.2) is 47.5 Å². The van der Waals surface area contributed by atoms with Crippen molar-refractivity contribution in [2.75, 3.05) is 13.6 Å². The van der Waals surface area contributed by atoms with Gasteiger partial charge in [0, 0.05) is 18.5 Å². The minimum atomic E-state index is -0.410. The fourth-order valence-corrected chi connectivity index (χ4v) is 3.50. The van der Waals surface area contributed by atoms with E-state index in [0.29, 0.717) is 16.8 Å². The highest BCUT2D eigenvalue weighted by molar-refractivity contribution is 7.18. The van der Waals surface area contributed by atoms with Crippen molar-refractivity contribution in [3.8, 4) is 0 Å². The Hall–Kier alpha value is -3.00. The number of fused-ring (bicyclic) bond motifs is 1. The lowest BCUT2D eigenvalue weighted by atomic mass is 10.2. The molecule has 2 heterocycles. The highest BCUT2D eigenvalue weighted by atomic mass is 32.1. The van der Waals surface area contributed by atoms with Crippen molar-refractivity contribution in [3.05, 3.63) is 63.5 Å². The molecule has 0 aliphatic rings. The van der Waals surface area contributed by atoms with Crippen LogP contribution in [0.3, 0.4) is 0 Å². The number of nitrogens with zero attached hydrogens (tertiary/aromatic N) is 3. The summed E-state index contributed by atoms with van der Waals surface area (Å²) in [5, 5.41) is 3.07. The maximum absolute atomic E-state index is 12.4. The molecule has 2 amide bonds. The molecule has 27 heavy (non-hydrogen) atoms. The average Bonchev–Trinajstić information content (AvgIpc) is 3.04. The van der Waals surface area contributed by atoms with E-state index in [-0.39, 0.29) is 24.6 Å². The maximum Gasteiger partial charge on any atom is 0.262 e. The molecule has 0 aliphatic heterocycles. The minimum absolute atomic E-state index is 0.121. The zero-order valence-corrected chi connectivity index (χ0v) is 16.0. The number of likely N-dealkylation sites (N-methyl/N-ethyl adjacent to an activating group) is 1. The average molecular weight is 384 g/mol. The number of amides is 2. The lowest BCUT2D eigenvalue weighted by Gasteiger charge is -2.17. The molecule has 0 bridgehead atoms. The first kappa shape index (κ1) is 18.8. The van der Waals surface area contributed by atoms with Crippen molar-refractivity contribution in [2.45, 2.75) is 20.0 Å². The zero-order chi connectivity index (χ0) is 19.4. The van der Waals surface area contributed by atoms with E-state index >= 15 is 0 Å². The predicted octanol–water partition coefficient (Wildman–Crippen LogP) is 1.54. The molecule has 0 fully saturated rings. The summed E-state index contributed by atoms with van der Waals surface area (Å²) in [5.41, 5.74) is 0.753. The monoisotopic (exact) mass is 384 g/mol. The van der Waals surface area contributed by atoms with E-state index in [0.717, 1.165) is 10.4 Å². The maximum atomic E-state index is 12.4. The normalized spacial score (nSPS) is 10.7. The van der Waals surface area contributed by atoms with E-state index < -0.39 is 5.91 Å². The number of hydrogen-bond donors (Lipinski definition) is 1. The van der Waals surface area contributed by atoms with Gasteiger partial charge in [0.1, 0.15) is 11.4 Å². The Morgan fingerprint density at radius 3 is 2.74 bits per heavy atom. The van der Waals surface area contributed by atoms with Crippen LogP contribution in [-0.2, 0) is 22.7 Å². The molecule has 0 radical (unpaired) electrons. The van der Waals surface area contributed by atoms with Crippen LogP contribution in [0.4, 0.5) is 0 Å². The SMILES string of the molecule is Cc1cc2c(=O)n(CC(=O)NCC(=O)N(C)Cc3ccccc3)cnc2s1. The summed E-state index contributed by atoms with van der Waals surface area (Å²) in [4.78, 5) is 44.1. The number of nitrogens with one attached hydrogen (secondary N) is 1. The highest BCUT2D eigenvalue weighted by Crippen LogP contribution is 2.19. The number of rotatable bonds is 6. The Morgan fingerprint density at radius 1 is 1.26 bits per heavy atom. The molecule has 140 valence electrons. The van der Waals surface area contributed by atoms with E-state index in [4.69, 9.17) is 0 Å². The van der Waals surface area contributed by atoms with E-state index in [2.05, 4.69) is 10.3 Å². The molecule has 3 aromatic rings. The lowest BCUT2D eigenvalue weighted by molar-refractivity contribution is -0.132. The summed E-state index contributed by atoms with van der Waals surface area (Å²) in [5.74, 6) is -0.617. The molecule has 0 unspecified atom stereocenters. The zero-order valence-electron chi connectivity index (χ0n) is 15.1. The van der Waals surface area contributed by atoms with Gasteiger partial charge in [-0.2, -0.15) is 0 Å². The summed E-state index contributed by atoms with van der Waals surface area (Å²) in [7, 11) is 1.68. The van der Waals surface area contributed by atoms with Gasteiger partial charge in [-0.15, -0.1) is 11.3 Å². The highest BCUT2D eigenvalue weighted by Gasteiger charge is 2.13. The van der Waals surface area contributed by atoms with Crippen molar-refractivity contribution in [3.63, 3.8) is 0 Å². The van der Waals surface area contributed by atoms with Gasteiger partial charge < -0.3 is 10.2 Å². The van der Waals surface area contributed by atoms with Gasteiger partial charge in [0.25, 0.3) is 5.56 Å². The fraction of sp³-hybridized carbons (Fsp3) is 0.263. The molecule has 7 nitrogen and oxygen atoms in total. The van der Waals surface area contributed by atoms with Crippen LogP contribution in [0.2, 0.25) is 0 Å². The first-order valence-electron chi connectivity index (χ1n) is 8.44. The molecule has 1 aromatic carbocycles. The standard InChI is InChI=1S/C19H20N4O3S/c1-13-8-15-18(27-13)21-12-23(19(15)26)11-16(24)20-9-17(25)22(2)10-14-6-4-3-5-7-14/h3-8,12H,9-11H2,1-2H3,(H,20,24). The number of thiophene rings is 1. The number of benzene rings is 1. The van der Waals surface area contributed by atoms with Gasteiger partial charge in [0.2, 0.25) is 11.8 Å². The van der Waals surface area contributed by atoms with Crippen LogP contribution < -0.4 is 10.9 Å². The first-order valence-corrected chi connectivity index (χ1v) is 9.26. The van der Waals surface area contributed by atoms with E-state index in [9.17, 15) is 14.4 Å². The minimum Gasteiger partial charge on any atom is -0.345 e. The Kier molecular flexibility index (Phi) is 5.66. The number of carbonyl (C=O) groups excluding carboxylic acids is 2. The number of hydrogen-bond acceptors (Lipinski definition) is 5. The molecular weight excluding hydrogens is 364 g/mol. The third-order valence-electron chi connectivity index (χ3n) is 4.08. The first-order chi connectivity index (χ1) is 12.9. The number of aryl methyl sites for hydroxylation is 1.